The van der Waals surface area contributed by atoms with Crippen LogP contribution in [0.15, 0.2) is 45.7 Å². The first-order chi connectivity index (χ1) is 11.9. The highest BCUT2D eigenvalue weighted by Crippen LogP contribution is 2.24. The number of nitrogens with one attached hydrogen (secondary N) is 1. The van der Waals surface area contributed by atoms with E-state index in [0.717, 1.165) is 11.8 Å². The smallest absolute Gasteiger partial charge is 0.337 e. The summed E-state index contributed by atoms with van der Waals surface area (Å²) in [6.07, 6.45) is 1.53. The average molecular weight is 339 g/mol. The van der Waals surface area contributed by atoms with E-state index in [2.05, 4.69) is 15.3 Å². The second-order valence-electron chi connectivity index (χ2n) is 5.78. The predicted octanol–water partition coefficient (Wildman–Crippen LogP) is 2.93. The van der Waals surface area contributed by atoms with Crippen molar-refractivity contribution in [1.29, 1.82) is 0 Å². The Hall–Kier alpha value is -3.22. The van der Waals surface area contributed by atoms with E-state index in [9.17, 15) is 9.59 Å². The molecule has 7 heteroatoms. The lowest BCUT2D eigenvalue weighted by Crippen LogP contribution is -2.17. The Morgan fingerprint density at radius 2 is 2.04 bits per heavy atom. The van der Waals surface area contributed by atoms with Crippen LogP contribution in [0.4, 0.5) is 5.95 Å². The third-order valence-corrected chi connectivity index (χ3v) is 3.35. The lowest BCUT2D eigenvalue weighted by atomic mass is 10.1. The van der Waals surface area contributed by atoms with E-state index in [0.29, 0.717) is 11.1 Å². The number of ether oxygens (including phenoxy) is 1. The normalized spacial score (nSPS) is 10.9. The van der Waals surface area contributed by atoms with Crippen LogP contribution < -0.4 is 15.7 Å². The van der Waals surface area contributed by atoms with Gasteiger partial charge in [-0.05, 0) is 39.0 Å². The molecule has 0 aliphatic carbocycles. The van der Waals surface area contributed by atoms with Gasteiger partial charge in [-0.15, -0.1) is 0 Å². The van der Waals surface area contributed by atoms with E-state index >= 15 is 0 Å². The Morgan fingerprint density at radius 3 is 2.76 bits per heavy atom. The summed E-state index contributed by atoms with van der Waals surface area (Å²) in [4.78, 5) is 32.5. The number of hydrogen-bond donors (Lipinski definition) is 1. The van der Waals surface area contributed by atoms with E-state index in [-0.39, 0.29) is 23.2 Å². The highest BCUT2D eigenvalue weighted by Gasteiger charge is 2.15. The van der Waals surface area contributed by atoms with Gasteiger partial charge < -0.3 is 9.15 Å². The van der Waals surface area contributed by atoms with Crippen LogP contribution in [0.5, 0.6) is 5.75 Å². The van der Waals surface area contributed by atoms with Crippen molar-refractivity contribution in [3.05, 3.63) is 58.2 Å². The van der Waals surface area contributed by atoms with Gasteiger partial charge in [0.15, 0.2) is 0 Å². The average Bonchev–Trinajstić information content (AvgIpc) is 2.53. The van der Waals surface area contributed by atoms with Crippen LogP contribution in [-0.2, 0) is 0 Å². The number of anilines is 1. The zero-order valence-corrected chi connectivity index (χ0v) is 14.1. The fraction of sp³-hybridized carbons (Fsp3) is 0.222. The lowest BCUT2D eigenvalue weighted by molar-refractivity contribution is 0.102. The molecule has 0 saturated carbocycles. The second kappa shape index (κ2) is 6.72. The Labute approximate surface area is 143 Å². The monoisotopic (exact) mass is 339 g/mol. The Balaban J connectivity index is 2.00. The van der Waals surface area contributed by atoms with Gasteiger partial charge in [-0.25, -0.2) is 14.8 Å². The van der Waals surface area contributed by atoms with Crippen LogP contribution in [0.25, 0.3) is 11.0 Å². The summed E-state index contributed by atoms with van der Waals surface area (Å²) in [5.74, 6) is 0.248. The van der Waals surface area contributed by atoms with E-state index in [1.54, 1.807) is 37.4 Å². The highest BCUT2D eigenvalue weighted by molar-refractivity contribution is 6.11. The minimum atomic E-state index is -0.621. The molecule has 0 unspecified atom stereocenters. The molecule has 1 amide bonds. The molecule has 7 nitrogen and oxygen atoms in total. The van der Waals surface area contributed by atoms with Crippen molar-refractivity contribution in [1.82, 2.24) is 9.97 Å². The fourth-order valence-electron chi connectivity index (χ4n) is 2.35. The molecule has 2 heterocycles. The number of rotatable bonds is 4. The van der Waals surface area contributed by atoms with Gasteiger partial charge in [0.2, 0.25) is 5.95 Å². The zero-order chi connectivity index (χ0) is 18.0. The van der Waals surface area contributed by atoms with Gasteiger partial charge in [0, 0.05) is 29.4 Å². The van der Waals surface area contributed by atoms with Crippen LogP contribution in [0.3, 0.4) is 0 Å². The second-order valence-corrected chi connectivity index (χ2v) is 5.78. The molecule has 25 heavy (non-hydrogen) atoms. The van der Waals surface area contributed by atoms with E-state index in [1.807, 2.05) is 13.8 Å². The maximum atomic E-state index is 12.6. The molecule has 3 rings (SSSR count). The Bertz CT molecular complexity index is 995. The molecule has 0 atom stereocenters. The predicted molar refractivity (Wildman–Crippen MR) is 93.0 cm³/mol. The first-order valence-electron chi connectivity index (χ1n) is 7.78. The van der Waals surface area contributed by atoms with Crippen LogP contribution in [-0.4, -0.2) is 22.0 Å². The first-order valence-corrected chi connectivity index (χ1v) is 7.78. The largest absolute Gasteiger partial charge is 0.491 e. The van der Waals surface area contributed by atoms with Gasteiger partial charge in [0.05, 0.1) is 11.7 Å². The van der Waals surface area contributed by atoms with E-state index < -0.39 is 11.5 Å². The quantitative estimate of drug-likeness (QED) is 0.735. The van der Waals surface area contributed by atoms with Crippen molar-refractivity contribution in [3.63, 3.8) is 0 Å². The minimum absolute atomic E-state index is 0.0193. The van der Waals surface area contributed by atoms with E-state index in [1.165, 1.54) is 0 Å². The number of aromatic nitrogens is 2. The summed E-state index contributed by atoms with van der Waals surface area (Å²) in [5, 5.41) is 3.09. The number of fused-ring (bicyclic) bond motifs is 1. The van der Waals surface area contributed by atoms with Gasteiger partial charge in [0.1, 0.15) is 11.3 Å². The first kappa shape index (κ1) is 16.6. The summed E-state index contributed by atoms with van der Waals surface area (Å²) in [5.41, 5.74) is 0.566. The molecule has 1 aromatic carbocycles. The highest BCUT2D eigenvalue weighted by atomic mass is 16.5. The zero-order valence-electron chi connectivity index (χ0n) is 14.1. The number of benzene rings is 1. The summed E-state index contributed by atoms with van der Waals surface area (Å²) in [6, 6.07) is 7.87. The van der Waals surface area contributed by atoms with Gasteiger partial charge >= 0.3 is 5.63 Å². The molecule has 0 spiro atoms. The van der Waals surface area contributed by atoms with Gasteiger partial charge in [-0.3, -0.25) is 10.1 Å². The van der Waals surface area contributed by atoms with Crippen molar-refractivity contribution in [2.45, 2.75) is 26.9 Å². The minimum Gasteiger partial charge on any atom is -0.491 e. The topological polar surface area (TPSA) is 94.3 Å². The number of carbonyl (C=O) groups excluding carboxylic acids is 1. The molecule has 0 saturated heterocycles. The number of hydrogen-bond acceptors (Lipinski definition) is 6. The third-order valence-electron chi connectivity index (χ3n) is 3.35. The van der Waals surface area contributed by atoms with Crippen molar-refractivity contribution in [2.75, 3.05) is 5.32 Å². The van der Waals surface area contributed by atoms with E-state index in [4.69, 9.17) is 9.15 Å². The number of carbonyl (C=O) groups is 1. The molecule has 0 aliphatic rings. The van der Waals surface area contributed by atoms with Crippen LogP contribution >= 0.6 is 0 Å². The molecule has 128 valence electrons. The molecular weight excluding hydrogens is 322 g/mol. The number of aryl methyl sites for hydroxylation is 1. The maximum Gasteiger partial charge on any atom is 0.337 e. The van der Waals surface area contributed by atoms with Crippen molar-refractivity contribution >= 4 is 22.8 Å². The molecule has 0 fully saturated rings. The van der Waals surface area contributed by atoms with Gasteiger partial charge in [-0.1, -0.05) is 0 Å². The Kier molecular flexibility index (Phi) is 4.47. The molecule has 3 aromatic rings. The number of nitrogens with zero attached hydrogens (tertiary/aromatic N) is 2. The molecule has 1 N–H and O–H groups in total. The SMILES string of the molecule is Cc1ccnc(NC(=O)c2cc(=O)oc3cc(OC(C)C)ccc23)n1. The third kappa shape index (κ3) is 3.82. The van der Waals surface area contributed by atoms with Gasteiger partial charge in [-0.2, -0.15) is 0 Å². The molecule has 0 bridgehead atoms. The van der Waals surface area contributed by atoms with Crippen molar-refractivity contribution in [3.8, 4) is 5.75 Å². The summed E-state index contributed by atoms with van der Waals surface area (Å²) in [7, 11) is 0. The lowest BCUT2D eigenvalue weighted by Gasteiger charge is -2.11. The number of amides is 1. The maximum absolute atomic E-state index is 12.6. The summed E-state index contributed by atoms with van der Waals surface area (Å²) < 4.78 is 10.8. The standard InChI is InChI=1S/C18H17N3O4/c1-10(2)24-12-4-5-13-14(9-16(22)25-15(13)8-12)17(23)21-18-19-7-6-11(3)20-18/h4-10H,1-3H3,(H,19,20,21,23). The Morgan fingerprint density at radius 1 is 1.24 bits per heavy atom. The van der Waals surface area contributed by atoms with Gasteiger partial charge in [0.25, 0.3) is 5.91 Å². The van der Waals surface area contributed by atoms with Crippen LogP contribution in [0, 0.1) is 6.92 Å². The van der Waals surface area contributed by atoms with Crippen molar-refractivity contribution < 1.29 is 13.9 Å². The molecule has 0 radical (unpaired) electrons. The summed E-state index contributed by atoms with van der Waals surface area (Å²) >= 11 is 0. The summed E-state index contributed by atoms with van der Waals surface area (Å²) in [6.45, 7) is 5.58. The van der Waals surface area contributed by atoms with Crippen molar-refractivity contribution in [2.24, 2.45) is 0 Å². The van der Waals surface area contributed by atoms with Crippen LogP contribution in [0.2, 0.25) is 0 Å². The molecule has 0 aliphatic heterocycles. The molecule has 2 aromatic heterocycles. The van der Waals surface area contributed by atoms with Crippen LogP contribution in [0.1, 0.15) is 29.9 Å². The molecular formula is C18H17N3O4. The fourth-order valence-corrected chi connectivity index (χ4v) is 2.35.